The van der Waals surface area contributed by atoms with Gasteiger partial charge in [0.15, 0.2) is 11.4 Å². The number of nitrogens with zero attached hydrogens (tertiary/aromatic N) is 3. The van der Waals surface area contributed by atoms with Gasteiger partial charge >= 0.3 is 6.01 Å². The SMILES string of the molecule is COc1ccc(-c2nc(Nc3nc4ccccc4o3)nc3c2C(=O)CC(C)(C)C3)cc1. The summed E-state index contributed by atoms with van der Waals surface area (Å²) in [6.45, 7) is 4.16. The molecule has 0 unspecified atom stereocenters. The molecule has 2 heterocycles. The molecule has 0 radical (unpaired) electrons. The summed E-state index contributed by atoms with van der Waals surface area (Å²) in [4.78, 5) is 26.9. The highest BCUT2D eigenvalue weighted by Crippen LogP contribution is 2.38. The second-order valence-electron chi connectivity index (χ2n) is 8.50. The van der Waals surface area contributed by atoms with Crippen LogP contribution in [0.5, 0.6) is 5.75 Å². The van der Waals surface area contributed by atoms with Crippen molar-refractivity contribution in [2.75, 3.05) is 12.4 Å². The largest absolute Gasteiger partial charge is 0.497 e. The molecule has 1 aliphatic carbocycles. The predicted octanol–water partition coefficient (Wildman–Crippen LogP) is 5.19. The van der Waals surface area contributed by atoms with E-state index in [1.165, 1.54) is 0 Å². The van der Waals surface area contributed by atoms with Crippen LogP contribution in [0.4, 0.5) is 12.0 Å². The van der Waals surface area contributed by atoms with Crippen molar-refractivity contribution in [2.24, 2.45) is 5.41 Å². The number of oxazole rings is 1. The molecule has 0 saturated heterocycles. The van der Waals surface area contributed by atoms with Gasteiger partial charge in [-0.15, -0.1) is 0 Å². The molecular formula is C24H22N4O3. The van der Waals surface area contributed by atoms with Crippen LogP contribution in [0.2, 0.25) is 0 Å². The number of ketones is 1. The van der Waals surface area contributed by atoms with E-state index < -0.39 is 0 Å². The van der Waals surface area contributed by atoms with Gasteiger partial charge in [0.2, 0.25) is 5.95 Å². The Kier molecular flexibility index (Phi) is 4.46. The average molecular weight is 414 g/mol. The molecule has 0 bridgehead atoms. The lowest BCUT2D eigenvalue weighted by molar-refractivity contribution is 0.0910. The Morgan fingerprint density at radius 3 is 2.52 bits per heavy atom. The summed E-state index contributed by atoms with van der Waals surface area (Å²) < 4.78 is 11.0. The van der Waals surface area contributed by atoms with E-state index in [2.05, 4.69) is 29.1 Å². The molecule has 156 valence electrons. The zero-order chi connectivity index (χ0) is 21.6. The molecule has 0 fully saturated rings. The van der Waals surface area contributed by atoms with Gasteiger partial charge in [-0.3, -0.25) is 10.1 Å². The van der Waals surface area contributed by atoms with Crippen LogP contribution >= 0.6 is 0 Å². The molecule has 31 heavy (non-hydrogen) atoms. The van der Waals surface area contributed by atoms with Crippen molar-refractivity contribution in [1.82, 2.24) is 15.0 Å². The maximum absolute atomic E-state index is 13.0. The van der Waals surface area contributed by atoms with Crippen molar-refractivity contribution in [3.8, 4) is 17.0 Å². The molecule has 2 aromatic carbocycles. The number of methoxy groups -OCH3 is 1. The molecule has 1 N–H and O–H groups in total. The Bertz CT molecular complexity index is 1260. The van der Waals surface area contributed by atoms with Gasteiger partial charge in [-0.25, -0.2) is 9.97 Å². The molecule has 0 amide bonds. The quantitative estimate of drug-likeness (QED) is 0.491. The highest BCUT2D eigenvalue weighted by molar-refractivity contribution is 6.04. The highest BCUT2D eigenvalue weighted by Gasteiger charge is 2.35. The van der Waals surface area contributed by atoms with Crippen LogP contribution in [0, 0.1) is 5.41 Å². The number of aromatic nitrogens is 3. The number of carbonyl (C=O) groups is 1. The monoisotopic (exact) mass is 414 g/mol. The number of ether oxygens (including phenoxy) is 1. The van der Waals surface area contributed by atoms with Gasteiger partial charge in [-0.2, -0.15) is 4.98 Å². The van der Waals surface area contributed by atoms with Crippen molar-refractivity contribution in [2.45, 2.75) is 26.7 Å². The molecule has 1 aliphatic rings. The van der Waals surface area contributed by atoms with Gasteiger partial charge in [-0.1, -0.05) is 26.0 Å². The van der Waals surface area contributed by atoms with Gasteiger partial charge in [0, 0.05) is 12.0 Å². The van der Waals surface area contributed by atoms with Crippen molar-refractivity contribution in [3.05, 3.63) is 59.8 Å². The Labute approximate surface area is 179 Å². The number of benzene rings is 2. The first-order valence-corrected chi connectivity index (χ1v) is 10.1. The van der Waals surface area contributed by atoms with E-state index in [9.17, 15) is 4.79 Å². The number of rotatable bonds is 4. The first-order valence-electron chi connectivity index (χ1n) is 10.1. The van der Waals surface area contributed by atoms with Gasteiger partial charge in [0.1, 0.15) is 11.3 Å². The molecule has 0 aliphatic heterocycles. The number of anilines is 2. The molecule has 0 atom stereocenters. The van der Waals surface area contributed by atoms with Gasteiger partial charge in [0.25, 0.3) is 0 Å². The first kappa shape index (κ1) is 19.2. The first-order chi connectivity index (χ1) is 14.9. The number of fused-ring (bicyclic) bond motifs is 2. The minimum absolute atomic E-state index is 0.0606. The molecular weight excluding hydrogens is 392 g/mol. The fourth-order valence-electron chi connectivity index (χ4n) is 4.00. The Balaban J connectivity index is 1.62. The lowest BCUT2D eigenvalue weighted by Crippen LogP contribution is -2.29. The summed E-state index contributed by atoms with van der Waals surface area (Å²) in [5, 5.41) is 3.08. The molecule has 7 heteroatoms. The smallest absolute Gasteiger partial charge is 0.302 e. The average Bonchev–Trinajstić information content (AvgIpc) is 3.14. The fraction of sp³-hybridized carbons (Fsp3) is 0.250. The minimum Gasteiger partial charge on any atom is -0.497 e. The molecule has 0 spiro atoms. The van der Waals surface area contributed by atoms with Crippen LogP contribution in [0.3, 0.4) is 0 Å². The van der Waals surface area contributed by atoms with Crippen LogP contribution in [-0.2, 0) is 6.42 Å². The summed E-state index contributed by atoms with van der Waals surface area (Å²) in [6, 6.07) is 15.3. The molecule has 0 saturated carbocycles. The van der Waals surface area contributed by atoms with Gasteiger partial charge in [-0.05, 0) is 48.2 Å². The summed E-state index contributed by atoms with van der Waals surface area (Å²) >= 11 is 0. The van der Waals surface area contributed by atoms with Gasteiger partial charge < -0.3 is 9.15 Å². The third-order valence-electron chi connectivity index (χ3n) is 5.42. The fourth-order valence-corrected chi connectivity index (χ4v) is 4.00. The zero-order valence-electron chi connectivity index (χ0n) is 17.6. The highest BCUT2D eigenvalue weighted by atomic mass is 16.5. The molecule has 5 rings (SSSR count). The molecule has 7 nitrogen and oxygen atoms in total. The number of hydrogen-bond acceptors (Lipinski definition) is 7. The topological polar surface area (TPSA) is 90.1 Å². The van der Waals surface area contributed by atoms with E-state index in [0.717, 1.165) is 22.5 Å². The van der Waals surface area contributed by atoms with E-state index in [1.54, 1.807) is 7.11 Å². The van der Waals surface area contributed by atoms with Crippen LogP contribution in [0.15, 0.2) is 52.9 Å². The summed E-state index contributed by atoms with van der Waals surface area (Å²) in [5.41, 5.74) is 4.02. The normalized spacial score (nSPS) is 15.0. The maximum atomic E-state index is 13.0. The number of Topliss-reactive ketones (excluding diaryl/α,β-unsaturated/α-hetero) is 1. The minimum atomic E-state index is -0.162. The Morgan fingerprint density at radius 2 is 1.77 bits per heavy atom. The van der Waals surface area contributed by atoms with Crippen molar-refractivity contribution in [3.63, 3.8) is 0 Å². The molecule has 4 aromatic rings. The number of para-hydroxylation sites is 2. The lowest BCUT2D eigenvalue weighted by atomic mass is 9.75. The van der Waals surface area contributed by atoms with Crippen LogP contribution in [0.25, 0.3) is 22.4 Å². The van der Waals surface area contributed by atoms with E-state index in [4.69, 9.17) is 14.1 Å². The lowest BCUT2D eigenvalue weighted by Gasteiger charge is -2.30. The Morgan fingerprint density at radius 1 is 1.00 bits per heavy atom. The summed E-state index contributed by atoms with van der Waals surface area (Å²) in [6.07, 6.45) is 1.15. The standard InChI is InChI=1S/C24H22N4O3/c1-24(2)12-17-20(18(29)13-24)21(14-8-10-15(30-3)11-9-14)27-22(25-17)28-23-26-16-6-4-5-7-19(16)31-23/h4-11H,12-13H2,1-3H3,(H,25,26,27,28). The second-order valence-corrected chi connectivity index (χ2v) is 8.50. The number of carbonyl (C=O) groups excluding carboxylic acids is 1. The van der Waals surface area contributed by atoms with E-state index in [1.807, 2.05) is 48.5 Å². The zero-order valence-corrected chi connectivity index (χ0v) is 17.6. The van der Waals surface area contributed by atoms with Crippen molar-refractivity contribution in [1.29, 1.82) is 0 Å². The van der Waals surface area contributed by atoms with Crippen LogP contribution in [0.1, 0.15) is 36.3 Å². The van der Waals surface area contributed by atoms with Crippen molar-refractivity contribution < 1.29 is 13.9 Å². The number of nitrogens with one attached hydrogen (secondary N) is 1. The Hall–Kier alpha value is -3.74. The summed E-state index contributed by atoms with van der Waals surface area (Å²) in [7, 11) is 1.62. The van der Waals surface area contributed by atoms with E-state index >= 15 is 0 Å². The predicted molar refractivity (Wildman–Crippen MR) is 118 cm³/mol. The third kappa shape index (κ3) is 3.63. The summed E-state index contributed by atoms with van der Waals surface area (Å²) in [5.74, 6) is 1.15. The van der Waals surface area contributed by atoms with Crippen LogP contribution < -0.4 is 10.1 Å². The third-order valence-corrected chi connectivity index (χ3v) is 5.42. The number of hydrogen-bond donors (Lipinski definition) is 1. The van der Waals surface area contributed by atoms with E-state index in [0.29, 0.717) is 41.6 Å². The van der Waals surface area contributed by atoms with E-state index in [-0.39, 0.29) is 11.2 Å². The maximum Gasteiger partial charge on any atom is 0.302 e. The molecule has 2 aromatic heterocycles. The van der Waals surface area contributed by atoms with Crippen molar-refractivity contribution >= 4 is 28.8 Å². The van der Waals surface area contributed by atoms with Gasteiger partial charge in [0.05, 0.1) is 24.1 Å². The van der Waals surface area contributed by atoms with Crippen LogP contribution in [-0.4, -0.2) is 27.8 Å². The second kappa shape index (κ2) is 7.19.